The van der Waals surface area contributed by atoms with Crippen molar-refractivity contribution >= 4 is 11.6 Å². The second-order valence-electron chi connectivity index (χ2n) is 3.80. The van der Waals surface area contributed by atoms with Crippen molar-refractivity contribution in [3.63, 3.8) is 0 Å². The lowest BCUT2D eigenvalue weighted by Crippen LogP contribution is -2.32. The average Bonchev–Trinajstić information content (AvgIpc) is 2.16. The van der Waals surface area contributed by atoms with E-state index in [0.29, 0.717) is 6.61 Å². The third-order valence-corrected chi connectivity index (χ3v) is 3.20. The number of benzene rings is 1. The van der Waals surface area contributed by atoms with Crippen LogP contribution in [0.5, 0.6) is 0 Å². The lowest BCUT2D eigenvalue weighted by Gasteiger charge is -2.30. The van der Waals surface area contributed by atoms with Crippen LogP contribution in [0, 0.1) is 6.92 Å². The van der Waals surface area contributed by atoms with E-state index in [1.807, 2.05) is 19.1 Å². The summed E-state index contributed by atoms with van der Waals surface area (Å²) in [5, 5.41) is 0.757. The Labute approximate surface area is 89.0 Å². The van der Waals surface area contributed by atoms with Crippen LogP contribution in [0.25, 0.3) is 0 Å². The van der Waals surface area contributed by atoms with E-state index in [0.717, 1.165) is 16.1 Å². The first kappa shape index (κ1) is 9.97. The predicted molar refractivity (Wildman–Crippen MR) is 57.4 cm³/mol. The van der Waals surface area contributed by atoms with Crippen molar-refractivity contribution in [2.24, 2.45) is 5.73 Å². The first-order valence-corrected chi connectivity index (χ1v) is 5.14. The Balaban J connectivity index is 2.58. The van der Waals surface area contributed by atoms with Gasteiger partial charge in [-0.05, 0) is 31.0 Å². The van der Waals surface area contributed by atoms with Gasteiger partial charge in [0.15, 0.2) is 0 Å². The molecule has 1 aliphatic heterocycles. The first-order valence-electron chi connectivity index (χ1n) is 4.76. The van der Waals surface area contributed by atoms with Crippen LogP contribution in [0.3, 0.4) is 0 Å². The Morgan fingerprint density at radius 2 is 2.21 bits per heavy atom. The molecule has 0 amide bonds. The van der Waals surface area contributed by atoms with Crippen molar-refractivity contribution in [2.45, 2.75) is 32.6 Å². The smallest absolute Gasteiger partial charge is 0.0744 e. The summed E-state index contributed by atoms with van der Waals surface area (Å²) >= 11 is 6.09. The van der Waals surface area contributed by atoms with Gasteiger partial charge in [0.25, 0.3) is 0 Å². The normalized spacial score (nSPS) is 26.0. The lowest BCUT2D eigenvalue weighted by molar-refractivity contribution is 0.0212. The number of halogens is 1. The number of aryl methyl sites for hydroxylation is 1. The summed E-state index contributed by atoms with van der Waals surface area (Å²) in [4.78, 5) is 0. The molecule has 0 fully saturated rings. The maximum absolute atomic E-state index is 6.09. The van der Waals surface area contributed by atoms with Crippen molar-refractivity contribution in [3.05, 3.63) is 33.8 Å². The fourth-order valence-corrected chi connectivity index (χ4v) is 2.14. The molecule has 1 aliphatic rings. The maximum atomic E-state index is 6.09. The van der Waals surface area contributed by atoms with Gasteiger partial charge >= 0.3 is 0 Å². The third kappa shape index (κ3) is 1.44. The van der Waals surface area contributed by atoms with Gasteiger partial charge in [-0.15, -0.1) is 0 Å². The molecule has 0 saturated carbocycles. The van der Waals surface area contributed by atoms with Gasteiger partial charge < -0.3 is 10.5 Å². The minimum absolute atomic E-state index is 0.0579. The third-order valence-electron chi connectivity index (χ3n) is 2.85. The summed E-state index contributed by atoms with van der Waals surface area (Å²) in [5.74, 6) is 0. The molecule has 3 heteroatoms. The van der Waals surface area contributed by atoms with E-state index in [2.05, 4.69) is 6.92 Å². The van der Waals surface area contributed by atoms with Gasteiger partial charge in [0, 0.05) is 10.6 Å². The van der Waals surface area contributed by atoms with E-state index in [9.17, 15) is 0 Å². The van der Waals surface area contributed by atoms with Gasteiger partial charge in [-0.2, -0.15) is 0 Å². The molecule has 2 nitrogen and oxygen atoms in total. The Bertz CT molecular complexity index is 365. The molecule has 76 valence electrons. The number of rotatable bonds is 0. The van der Waals surface area contributed by atoms with E-state index in [1.54, 1.807) is 0 Å². The molecule has 2 N–H and O–H groups in total. The Morgan fingerprint density at radius 1 is 1.50 bits per heavy atom. The van der Waals surface area contributed by atoms with E-state index in [1.165, 1.54) is 5.56 Å². The minimum Gasteiger partial charge on any atom is -0.372 e. The highest BCUT2D eigenvalue weighted by molar-refractivity contribution is 6.31. The van der Waals surface area contributed by atoms with Gasteiger partial charge in [-0.25, -0.2) is 0 Å². The highest BCUT2D eigenvalue weighted by atomic mass is 35.5. The molecule has 0 saturated heterocycles. The van der Waals surface area contributed by atoms with Crippen molar-refractivity contribution < 1.29 is 4.74 Å². The average molecular weight is 212 g/mol. The van der Waals surface area contributed by atoms with E-state index in [-0.39, 0.29) is 12.1 Å². The largest absolute Gasteiger partial charge is 0.372 e. The Kier molecular flexibility index (Phi) is 2.52. The number of fused-ring (bicyclic) bond motifs is 1. The fourth-order valence-electron chi connectivity index (χ4n) is 1.92. The highest BCUT2D eigenvalue weighted by Crippen LogP contribution is 2.34. The Morgan fingerprint density at radius 3 is 2.93 bits per heavy atom. The lowest BCUT2D eigenvalue weighted by atomic mass is 9.91. The molecule has 14 heavy (non-hydrogen) atoms. The van der Waals surface area contributed by atoms with Crippen LogP contribution in [0.15, 0.2) is 12.1 Å². The summed E-state index contributed by atoms with van der Waals surface area (Å²) in [5.41, 5.74) is 9.49. The Hall–Kier alpha value is -0.570. The molecule has 1 aromatic rings. The topological polar surface area (TPSA) is 35.2 Å². The zero-order valence-electron chi connectivity index (χ0n) is 8.38. The molecule has 0 aromatic heterocycles. The van der Waals surface area contributed by atoms with Crippen LogP contribution in [0.1, 0.15) is 29.7 Å². The second-order valence-corrected chi connectivity index (χ2v) is 4.21. The molecular formula is C11H14ClNO. The van der Waals surface area contributed by atoms with Gasteiger partial charge in [0.05, 0.1) is 18.8 Å². The number of hydrogen-bond donors (Lipinski definition) is 1. The quantitative estimate of drug-likeness (QED) is 0.716. The minimum atomic E-state index is -0.0579. The van der Waals surface area contributed by atoms with E-state index in [4.69, 9.17) is 22.1 Å². The molecule has 2 atom stereocenters. The summed E-state index contributed by atoms with van der Waals surface area (Å²) in [7, 11) is 0. The highest BCUT2D eigenvalue weighted by Gasteiger charge is 2.26. The molecule has 0 bridgehead atoms. The van der Waals surface area contributed by atoms with Gasteiger partial charge in [-0.1, -0.05) is 17.7 Å². The summed E-state index contributed by atoms with van der Waals surface area (Å²) < 4.78 is 5.54. The standard InChI is InChI=1S/C11H14ClNO/c1-6-3-4-9(12)8-5-14-7(2)11(13)10(6)8/h3-4,7,11H,5,13H2,1-2H3/t7-,11?/m1/s1. The first-order chi connectivity index (χ1) is 6.61. The maximum Gasteiger partial charge on any atom is 0.0744 e. The van der Waals surface area contributed by atoms with Crippen molar-refractivity contribution in [2.75, 3.05) is 0 Å². The van der Waals surface area contributed by atoms with Crippen molar-refractivity contribution in [1.29, 1.82) is 0 Å². The molecule has 0 radical (unpaired) electrons. The molecule has 2 rings (SSSR count). The van der Waals surface area contributed by atoms with Gasteiger partial charge in [-0.3, -0.25) is 0 Å². The molecule has 1 heterocycles. The number of ether oxygens (including phenoxy) is 1. The van der Waals surface area contributed by atoms with Crippen LogP contribution < -0.4 is 5.73 Å². The van der Waals surface area contributed by atoms with Gasteiger partial charge in [0.2, 0.25) is 0 Å². The molecule has 1 unspecified atom stereocenters. The predicted octanol–water partition coefficient (Wildman–Crippen LogP) is 2.57. The van der Waals surface area contributed by atoms with E-state index < -0.39 is 0 Å². The molecule has 1 aromatic carbocycles. The number of hydrogen-bond acceptors (Lipinski definition) is 2. The second kappa shape index (κ2) is 3.54. The monoisotopic (exact) mass is 211 g/mol. The molecule has 0 aliphatic carbocycles. The van der Waals surface area contributed by atoms with Crippen LogP contribution in [0.4, 0.5) is 0 Å². The van der Waals surface area contributed by atoms with E-state index >= 15 is 0 Å². The SMILES string of the molecule is Cc1ccc(Cl)c2c1C(N)[C@@H](C)OC2. The van der Waals surface area contributed by atoms with Crippen LogP contribution in [0.2, 0.25) is 5.02 Å². The zero-order valence-corrected chi connectivity index (χ0v) is 9.14. The van der Waals surface area contributed by atoms with Crippen LogP contribution >= 0.6 is 11.6 Å². The fraction of sp³-hybridized carbons (Fsp3) is 0.455. The van der Waals surface area contributed by atoms with Crippen molar-refractivity contribution in [3.8, 4) is 0 Å². The summed E-state index contributed by atoms with van der Waals surface area (Å²) in [6.07, 6.45) is 0.0691. The van der Waals surface area contributed by atoms with Crippen LogP contribution in [-0.2, 0) is 11.3 Å². The van der Waals surface area contributed by atoms with Crippen molar-refractivity contribution in [1.82, 2.24) is 0 Å². The summed E-state index contributed by atoms with van der Waals surface area (Å²) in [6.45, 7) is 4.63. The molecule has 0 spiro atoms. The number of nitrogens with two attached hydrogens (primary N) is 1. The summed E-state index contributed by atoms with van der Waals surface area (Å²) in [6, 6.07) is 3.86. The zero-order chi connectivity index (χ0) is 10.3. The van der Waals surface area contributed by atoms with Crippen LogP contribution in [-0.4, -0.2) is 6.10 Å². The molecular weight excluding hydrogens is 198 g/mol. The van der Waals surface area contributed by atoms with Gasteiger partial charge in [0.1, 0.15) is 0 Å².